The predicted octanol–water partition coefficient (Wildman–Crippen LogP) is 3.46. The normalized spacial score (nSPS) is 15.9. The lowest BCUT2D eigenvalue weighted by atomic mass is 10.1. The number of anilines is 1. The summed E-state index contributed by atoms with van der Waals surface area (Å²) in [5, 5.41) is 6.92. The second-order valence-electron chi connectivity index (χ2n) is 6.15. The maximum atomic E-state index is 13.8. The molecule has 1 heterocycles. The molecule has 0 unspecified atom stereocenters. The second-order valence-corrected chi connectivity index (χ2v) is 7.87. The van der Waals surface area contributed by atoms with E-state index in [9.17, 15) is 12.8 Å². The van der Waals surface area contributed by atoms with Gasteiger partial charge >= 0.3 is 0 Å². The summed E-state index contributed by atoms with van der Waals surface area (Å²) in [5.41, 5.74) is 1.86. The Labute approximate surface area is 135 Å². The lowest BCUT2D eigenvalue weighted by Gasteiger charge is -2.07. The Hall–Kier alpha value is -1.89. The number of nitrogens with one attached hydrogen (secondary N) is 2. The van der Waals surface area contributed by atoms with Crippen LogP contribution in [0.4, 0.5) is 10.2 Å². The molecule has 0 saturated heterocycles. The Morgan fingerprint density at radius 3 is 2.74 bits per heavy atom. The summed E-state index contributed by atoms with van der Waals surface area (Å²) in [6.45, 7) is 1.76. The first-order valence-corrected chi connectivity index (χ1v) is 9.39. The fraction of sp³-hybridized carbons (Fsp3) is 0.438. The van der Waals surface area contributed by atoms with Crippen molar-refractivity contribution in [2.24, 2.45) is 0 Å². The number of nitrogens with zero attached hydrogens (tertiary/aromatic N) is 1. The summed E-state index contributed by atoms with van der Waals surface area (Å²) in [4.78, 5) is 0. The molecule has 1 aromatic carbocycles. The van der Waals surface area contributed by atoms with Gasteiger partial charge in [-0.25, -0.2) is 12.8 Å². The molecule has 0 atom stereocenters. The number of halogens is 1. The first kappa shape index (κ1) is 16.0. The monoisotopic (exact) mass is 337 g/mol. The van der Waals surface area contributed by atoms with Crippen LogP contribution in [-0.2, 0) is 15.8 Å². The first-order chi connectivity index (χ1) is 10.9. The van der Waals surface area contributed by atoms with Gasteiger partial charge in [0.25, 0.3) is 0 Å². The quantitative estimate of drug-likeness (QED) is 0.877. The van der Waals surface area contributed by atoms with Gasteiger partial charge in [0, 0.05) is 23.2 Å². The molecule has 3 rings (SSSR count). The van der Waals surface area contributed by atoms with Gasteiger partial charge in [-0.05, 0) is 31.4 Å². The average Bonchev–Trinajstić information content (AvgIpc) is 3.12. The summed E-state index contributed by atoms with van der Waals surface area (Å²) in [5.74, 6) is -0.233. The van der Waals surface area contributed by atoms with E-state index in [4.69, 9.17) is 0 Å². The van der Waals surface area contributed by atoms with Crippen LogP contribution in [0.5, 0.6) is 0 Å². The van der Waals surface area contributed by atoms with Gasteiger partial charge in [-0.3, -0.25) is 9.82 Å². The fourth-order valence-corrected chi connectivity index (χ4v) is 4.14. The predicted molar refractivity (Wildman–Crippen MR) is 87.2 cm³/mol. The molecule has 0 radical (unpaired) electrons. The van der Waals surface area contributed by atoms with Crippen LogP contribution in [0.25, 0.3) is 0 Å². The van der Waals surface area contributed by atoms with Crippen LogP contribution in [0.1, 0.15) is 48.4 Å². The van der Waals surface area contributed by atoms with Gasteiger partial charge in [0.2, 0.25) is 10.0 Å². The first-order valence-electron chi connectivity index (χ1n) is 7.74. The van der Waals surface area contributed by atoms with Crippen LogP contribution in [0, 0.1) is 12.7 Å². The van der Waals surface area contributed by atoms with Gasteiger partial charge in [0.05, 0.1) is 5.75 Å². The molecule has 0 bridgehead atoms. The van der Waals surface area contributed by atoms with Crippen molar-refractivity contribution in [3.8, 4) is 0 Å². The number of hydrogen-bond donors (Lipinski definition) is 2. The number of benzene rings is 1. The van der Waals surface area contributed by atoms with E-state index in [0.717, 1.165) is 24.1 Å². The lowest BCUT2D eigenvalue weighted by molar-refractivity contribution is 0.590. The Morgan fingerprint density at radius 1 is 1.30 bits per heavy atom. The molecule has 1 fully saturated rings. The molecule has 23 heavy (non-hydrogen) atoms. The Balaban J connectivity index is 1.70. The van der Waals surface area contributed by atoms with Crippen molar-refractivity contribution in [1.29, 1.82) is 0 Å². The Bertz CT molecular complexity index is 795. The SMILES string of the molecule is Cc1ccc(CS(=O)(=O)Nc2cc(C3CCCC3)[nH]n2)c(F)c1. The number of aromatic amines is 1. The maximum absolute atomic E-state index is 13.8. The zero-order chi connectivity index (χ0) is 16.4. The van der Waals surface area contributed by atoms with E-state index in [2.05, 4.69) is 14.9 Å². The van der Waals surface area contributed by atoms with E-state index < -0.39 is 21.6 Å². The number of H-pyrrole nitrogens is 1. The van der Waals surface area contributed by atoms with Gasteiger partial charge in [-0.1, -0.05) is 25.0 Å². The molecule has 1 saturated carbocycles. The molecule has 0 aliphatic heterocycles. The third-order valence-electron chi connectivity index (χ3n) is 4.21. The largest absolute Gasteiger partial charge is 0.280 e. The number of aryl methyl sites for hydroxylation is 1. The molecule has 0 spiro atoms. The summed E-state index contributed by atoms with van der Waals surface area (Å²) >= 11 is 0. The van der Waals surface area contributed by atoms with E-state index in [1.807, 2.05) is 0 Å². The second kappa shape index (κ2) is 6.31. The summed E-state index contributed by atoms with van der Waals surface area (Å²) in [6.07, 6.45) is 4.58. The Morgan fingerprint density at radius 2 is 2.04 bits per heavy atom. The highest BCUT2D eigenvalue weighted by Gasteiger charge is 2.21. The molecule has 2 N–H and O–H groups in total. The lowest BCUT2D eigenvalue weighted by Crippen LogP contribution is -2.16. The van der Waals surface area contributed by atoms with Crippen molar-refractivity contribution in [3.63, 3.8) is 0 Å². The van der Waals surface area contributed by atoms with Crippen LogP contribution >= 0.6 is 0 Å². The van der Waals surface area contributed by atoms with Crippen LogP contribution < -0.4 is 4.72 Å². The molecule has 1 aromatic heterocycles. The smallest absolute Gasteiger partial charge is 0.238 e. The topological polar surface area (TPSA) is 74.8 Å². The number of sulfonamides is 1. The van der Waals surface area contributed by atoms with E-state index in [0.29, 0.717) is 5.92 Å². The van der Waals surface area contributed by atoms with E-state index in [1.54, 1.807) is 19.1 Å². The van der Waals surface area contributed by atoms with Crippen molar-refractivity contribution < 1.29 is 12.8 Å². The third-order valence-corrected chi connectivity index (χ3v) is 5.42. The molecular formula is C16H20FN3O2S. The molecule has 1 aliphatic rings. The minimum atomic E-state index is -3.71. The van der Waals surface area contributed by atoms with Crippen LogP contribution in [0.15, 0.2) is 24.3 Å². The van der Waals surface area contributed by atoms with Crippen LogP contribution in [0.2, 0.25) is 0 Å². The van der Waals surface area contributed by atoms with Gasteiger partial charge < -0.3 is 0 Å². The van der Waals surface area contributed by atoms with E-state index in [-0.39, 0.29) is 11.4 Å². The van der Waals surface area contributed by atoms with Gasteiger partial charge in [-0.2, -0.15) is 5.10 Å². The third kappa shape index (κ3) is 3.90. The average molecular weight is 337 g/mol. The van der Waals surface area contributed by atoms with Crippen molar-refractivity contribution in [2.45, 2.75) is 44.3 Å². The van der Waals surface area contributed by atoms with Crippen LogP contribution in [-0.4, -0.2) is 18.6 Å². The van der Waals surface area contributed by atoms with Crippen molar-refractivity contribution >= 4 is 15.8 Å². The summed E-state index contributed by atoms with van der Waals surface area (Å²) in [6, 6.07) is 6.26. The van der Waals surface area contributed by atoms with Crippen molar-refractivity contribution in [2.75, 3.05) is 4.72 Å². The molecular weight excluding hydrogens is 317 g/mol. The van der Waals surface area contributed by atoms with E-state index >= 15 is 0 Å². The standard InChI is InChI=1S/C16H20FN3O2S/c1-11-6-7-13(14(17)8-11)10-23(21,22)20-16-9-15(18-19-16)12-4-2-3-5-12/h6-9,12H,2-5,10H2,1H3,(H2,18,19,20). The van der Waals surface area contributed by atoms with Crippen molar-refractivity contribution in [3.05, 3.63) is 46.9 Å². The molecule has 5 nitrogen and oxygen atoms in total. The molecule has 2 aromatic rings. The molecule has 7 heteroatoms. The highest BCUT2D eigenvalue weighted by molar-refractivity contribution is 7.91. The minimum absolute atomic E-state index is 0.148. The number of aromatic nitrogens is 2. The Kier molecular flexibility index (Phi) is 4.39. The summed E-state index contributed by atoms with van der Waals surface area (Å²) < 4.78 is 40.6. The zero-order valence-electron chi connectivity index (χ0n) is 13.0. The van der Waals surface area contributed by atoms with Crippen LogP contribution in [0.3, 0.4) is 0 Å². The van der Waals surface area contributed by atoms with E-state index in [1.165, 1.54) is 25.0 Å². The molecule has 124 valence electrons. The summed E-state index contributed by atoms with van der Waals surface area (Å²) in [7, 11) is -3.71. The minimum Gasteiger partial charge on any atom is -0.280 e. The van der Waals surface area contributed by atoms with Gasteiger partial charge in [0.1, 0.15) is 5.82 Å². The zero-order valence-corrected chi connectivity index (χ0v) is 13.8. The number of rotatable bonds is 5. The number of hydrogen-bond acceptors (Lipinski definition) is 3. The van der Waals surface area contributed by atoms with Gasteiger partial charge in [0.15, 0.2) is 5.82 Å². The van der Waals surface area contributed by atoms with Crippen molar-refractivity contribution in [1.82, 2.24) is 10.2 Å². The molecule has 1 aliphatic carbocycles. The maximum Gasteiger partial charge on any atom is 0.238 e. The highest BCUT2D eigenvalue weighted by atomic mass is 32.2. The van der Waals surface area contributed by atoms with Gasteiger partial charge in [-0.15, -0.1) is 0 Å². The molecule has 0 amide bonds. The highest BCUT2D eigenvalue weighted by Crippen LogP contribution is 2.33. The fourth-order valence-electron chi connectivity index (χ4n) is 3.00.